The number of pyridine rings is 1. The molecule has 1 N–H and O–H groups in total. The lowest BCUT2D eigenvalue weighted by atomic mass is 10.0. The quantitative estimate of drug-likeness (QED) is 0.473. The van der Waals surface area contributed by atoms with Crippen molar-refractivity contribution in [2.45, 2.75) is 16.7 Å². The number of furan rings is 1. The number of aromatic nitrogens is 1. The molecule has 0 spiro atoms. The Morgan fingerprint density at radius 2 is 1.55 bits per heavy atom. The van der Waals surface area contributed by atoms with E-state index in [0.29, 0.717) is 5.69 Å². The van der Waals surface area contributed by atoms with Crippen molar-refractivity contribution in [2.75, 3.05) is 0 Å². The Hall–Kier alpha value is -3.71. The van der Waals surface area contributed by atoms with Crippen LogP contribution in [0.4, 0.5) is 0 Å². The second kappa shape index (κ2) is 8.97. The molecule has 0 aliphatic rings. The molecule has 6 nitrogen and oxygen atoms in total. The zero-order chi connectivity index (χ0) is 21.7. The van der Waals surface area contributed by atoms with Crippen molar-refractivity contribution in [3.05, 3.63) is 120 Å². The third kappa shape index (κ3) is 4.90. The van der Waals surface area contributed by atoms with Crippen LogP contribution in [-0.4, -0.2) is 19.3 Å². The molecule has 2 heterocycles. The number of nitrogens with zero attached hydrogens (tertiary/aromatic N) is 1. The third-order valence-corrected chi connectivity index (χ3v) is 6.37. The molecule has 0 radical (unpaired) electrons. The van der Waals surface area contributed by atoms with Crippen LogP contribution in [0.3, 0.4) is 0 Å². The van der Waals surface area contributed by atoms with Gasteiger partial charge in [0.25, 0.3) is 5.91 Å². The molecule has 0 bridgehead atoms. The molecule has 4 rings (SSSR count). The summed E-state index contributed by atoms with van der Waals surface area (Å²) >= 11 is 0. The van der Waals surface area contributed by atoms with Crippen molar-refractivity contribution in [3.8, 4) is 0 Å². The summed E-state index contributed by atoms with van der Waals surface area (Å²) in [5.74, 6) is -0.548. The van der Waals surface area contributed by atoms with E-state index in [4.69, 9.17) is 4.42 Å². The van der Waals surface area contributed by atoms with Gasteiger partial charge in [-0.3, -0.25) is 9.78 Å². The monoisotopic (exact) mass is 432 g/mol. The Balaban J connectivity index is 1.54. The van der Waals surface area contributed by atoms with Crippen molar-refractivity contribution in [2.24, 2.45) is 0 Å². The van der Waals surface area contributed by atoms with Gasteiger partial charge in [-0.25, -0.2) is 8.42 Å². The number of benzene rings is 2. The highest BCUT2D eigenvalue weighted by atomic mass is 32.2. The SMILES string of the molecule is O=C(NC(c1ccccc1)c1ccccn1)c1ccc(CS(=O)(=O)c2ccccc2)o1. The topological polar surface area (TPSA) is 89.3 Å². The summed E-state index contributed by atoms with van der Waals surface area (Å²) in [6, 6.07) is 25.6. The van der Waals surface area contributed by atoms with Gasteiger partial charge in [0, 0.05) is 6.20 Å². The molecule has 2 aromatic heterocycles. The van der Waals surface area contributed by atoms with E-state index < -0.39 is 21.8 Å². The summed E-state index contributed by atoms with van der Waals surface area (Å²) < 4.78 is 30.7. The van der Waals surface area contributed by atoms with Gasteiger partial charge in [-0.15, -0.1) is 0 Å². The zero-order valence-electron chi connectivity index (χ0n) is 16.5. The average molecular weight is 433 g/mol. The Morgan fingerprint density at radius 1 is 0.871 bits per heavy atom. The second-order valence-electron chi connectivity index (χ2n) is 6.91. The molecule has 1 amide bonds. The average Bonchev–Trinajstić information content (AvgIpc) is 3.27. The molecule has 2 aromatic carbocycles. The van der Waals surface area contributed by atoms with Crippen molar-refractivity contribution >= 4 is 15.7 Å². The summed E-state index contributed by atoms with van der Waals surface area (Å²) in [6.07, 6.45) is 1.66. The molecule has 4 aromatic rings. The summed E-state index contributed by atoms with van der Waals surface area (Å²) in [5, 5.41) is 2.93. The van der Waals surface area contributed by atoms with Crippen LogP contribution in [0.5, 0.6) is 0 Å². The molecule has 1 unspecified atom stereocenters. The molecule has 31 heavy (non-hydrogen) atoms. The predicted octanol–water partition coefficient (Wildman–Crippen LogP) is 4.17. The normalized spacial score (nSPS) is 12.3. The number of rotatable bonds is 7. The highest BCUT2D eigenvalue weighted by Gasteiger charge is 2.22. The molecule has 156 valence electrons. The van der Waals surface area contributed by atoms with Gasteiger partial charge in [-0.2, -0.15) is 0 Å². The lowest BCUT2D eigenvalue weighted by Gasteiger charge is -2.18. The standard InChI is InChI=1S/C24H20N2O4S/c27-24(26-23(18-9-3-1-4-10-18)21-13-7-8-16-25-21)22-15-14-19(30-22)17-31(28,29)20-11-5-2-6-12-20/h1-16,23H,17H2,(H,26,27). The number of carbonyl (C=O) groups excluding carboxylic acids is 1. The molecule has 0 saturated heterocycles. The van der Waals surface area contributed by atoms with E-state index in [9.17, 15) is 13.2 Å². The van der Waals surface area contributed by atoms with Gasteiger partial charge >= 0.3 is 0 Å². The zero-order valence-corrected chi connectivity index (χ0v) is 17.3. The van der Waals surface area contributed by atoms with Crippen molar-refractivity contribution < 1.29 is 17.6 Å². The minimum Gasteiger partial charge on any atom is -0.455 e. The van der Waals surface area contributed by atoms with Crippen LogP contribution >= 0.6 is 0 Å². The maximum absolute atomic E-state index is 12.9. The number of carbonyl (C=O) groups is 1. The number of hydrogen-bond acceptors (Lipinski definition) is 5. The summed E-state index contributed by atoms with van der Waals surface area (Å²) in [7, 11) is -3.57. The molecule has 0 fully saturated rings. The van der Waals surface area contributed by atoms with Crippen LogP contribution in [0.25, 0.3) is 0 Å². The highest BCUT2D eigenvalue weighted by Crippen LogP contribution is 2.22. The van der Waals surface area contributed by atoms with Gasteiger partial charge in [0.05, 0.1) is 16.6 Å². The maximum atomic E-state index is 12.9. The van der Waals surface area contributed by atoms with Crippen LogP contribution < -0.4 is 5.32 Å². The van der Waals surface area contributed by atoms with Gasteiger partial charge in [-0.1, -0.05) is 54.6 Å². The summed E-state index contributed by atoms with van der Waals surface area (Å²) in [4.78, 5) is 17.4. The minimum absolute atomic E-state index is 0.0372. The van der Waals surface area contributed by atoms with Crippen LogP contribution in [0, 0.1) is 0 Å². The van der Waals surface area contributed by atoms with Gasteiger partial charge in [-0.05, 0) is 42.0 Å². The number of sulfone groups is 1. The van der Waals surface area contributed by atoms with E-state index in [1.54, 1.807) is 30.5 Å². The van der Waals surface area contributed by atoms with Gasteiger partial charge < -0.3 is 9.73 Å². The maximum Gasteiger partial charge on any atom is 0.287 e. The Morgan fingerprint density at radius 3 is 2.23 bits per heavy atom. The summed E-state index contributed by atoms with van der Waals surface area (Å²) in [5.41, 5.74) is 1.55. The van der Waals surface area contributed by atoms with E-state index in [-0.39, 0.29) is 22.2 Å². The van der Waals surface area contributed by atoms with Gasteiger partial charge in [0.2, 0.25) is 0 Å². The fourth-order valence-corrected chi connectivity index (χ4v) is 4.47. The first-order valence-corrected chi connectivity index (χ1v) is 11.3. The predicted molar refractivity (Wildman–Crippen MR) is 116 cm³/mol. The molecular weight excluding hydrogens is 412 g/mol. The third-order valence-electron chi connectivity index (χ3n) is 4.71. The Labute approximate surface area is 180 Å². The van der Waals surface area contributed by atoms with E-state index in [1.165, 1.54) is 24.3 Å². The number of amides is 1. The van der Waals surface area contributed by atoms with E-state index >= 15 is 0 Å². The molecular formula is C24H20N2O4S. The molecule has 0 aliphatic carbocycles. The van der Waals surface area contributed by atoms with Crippen molar-refractivity contribution in [1.29, 1.82) is 0 Å². The van der Waals surface area contributed by atoms with Crippen LogP contribution in [0.2, 0.25) is 0 Å². The first kappa shape index (κ1) is 20.6. The first-order valence-electron chi connectivity index (χ1n) is 9.66. The lowest BCUT2D eigenvalue weighted by Crippen LogP contribution is -2.29. The largest absolute Gasteiger partial charge is 0.455 e. The fourth-order valence-electron chi connectivity index (χ4n) is 3.20. The molecule has 0 saturated carbocycles. The van der Waals surface area contributed by atoms with E-state index in [0.717, 1.165) is 5.56 Å². The second-order valence-corrected chi connectivity index (χ2v) is 8.90. The van der Waals surface area contributed by atoms with Crippen molar-refractivity contribution in [1.82, 2.24) is 10.3 Å². The molecule has 0 aliphatic heterocycles. The van der Waals surface area contributed by atoms with Crippen molar-refractivity contribution in [3.63, 3.8) is 0 Å². The molecule has 1 atom stereocenters. The van der Waals surface area contributed by atoms with Crippen LogP contribution in [0.15, 0.2) is 107 Å². The van der Waals surface area contributed by atoms with E-state index in [1.807, 2.05) is 42.5 Å². The van der Waals surface area contributed by atoms with Gasteiger partial charge in [0.1, 0.15) is 11.5 Å². The Kier molecular flexibility index (Phi) is 5.95. The molecule has 7 heteroatoms. The number of nitrogens with one attached hydrogen (secondary N) is 1. The van der Waals surface area contributed by atoms with Gasteiger partial charge in [0.15, 0.2) is 15.6 Å². The van der Waals surface area contributed by atoms with E-state index in [2.05, 4.69) is 10.3 Å². The number of hydrogen-bond donors (Lipinski definition) is 1. The van der Waals surface area contributed by atoms with Crippen LogP contribution in [0.1, 0.15) is 33.6 Å². The lowest BCUT2D eigenvalue weighted by molar-refractivity contribution is 0.0913. The van der Waals surface area contributed by atoms with Crippen LogP contribution in [-0.2, 0) is 15.6 Å². The summed E-state index contributed by atoms with van der Waals surface area (Å²) in [6.45, 7) is 0. The highest BCUT2D eigenvalue weighted by molar-refractivity contribution is 7.90. The smallest absolute Gasteiger partial charge is 0.287 e. The Bertz CT molecular complexity index is 1220. The first-order chi connectivity index (χ1) is 15.0. The fraction of sp³-hybridized carbons (Fsp3) is 0.0833. The minimum atomic E-state index is -3.57.